The molecule has 1 saturated heterocycles. The lowest BCUT2D eigenvalue weighted by atomic mass is 9.92. The molecule has 1 fully saturated rings. The Balaban J connectivity index is 2.32. The summed E-state index contributed by atoms with van der Waals surface area (Å²) in [4.78, 5) is 22.2. The van der Waals surface area contributed by atoms with Crippen molar-refractivity contribution in [2.24, 2.45) is 0 Å². The minimum absolute atomic E-state index is 0.192. The zero-order valence-electron chi connectivity index (χ0n) is 8.31. The molecule has 1 aromatic rings. The highest BCUT2D eigenvalue weighted by Gasteiger charge is 2.38. The van der Waals surface area contributed by atoms with Gasteiger partial charge in [-0.05, 0) is 17.7 Å². The van der Waals surface area contributed by atoms with E-state index in [-0.39, 0.29) is 18.2 Å². The van der Waals surface area contributed by atoms with Crippen molar-refractivity contribution in [2.45, 2.75) is 18.4 Å². The predicted octanol–water partition coefficient (Wildman–Crippen LogP) is 1.40. The van der Waals surface area contributed by atoms with Crippen LogP contribution in [0.3, 0.4) is 0 Å². The van der Waals surface area contributed by atoms with Crippen LogP contribution in [0.1, 0.15) is 17.9 Å². The molecule has 1 aromatic carbocycles. The first-order valence-corrected chi connectivity index (χ1v) is 5.23. The summed E-state index contributed by atoms with van der Waals surface area (Å²) < 4.78 is 0. The third-order valence-electron chi connectivity index (χ3n) is 2.67. The predicted molar refractivity (Wildman–Crippen MR) is 58.4 cm³/mol. The number of amides is 1. The molecule has 2 atom stereocenters. The van der Waals surface area contributed by atoms with Crippen molar-refractivity contribution in [1.82, 2.24) is 5.32 Å². The zero-order chi connectivity index (χ0) is 11.7. The van der Waals surface area contributed by atoms with Crippen molar-refractivity contribution in [3.05, 3.63) is 34.9 Å². The van der Waals surface area contributed by atoms with E-state index in [1.54, 1.807) is 24.3 Å². The van der Waals surface area contributed by atoms with Crippen LogP contribution in [0.4, 0.5) is 0 Å². The van der Waals surface area contributed by atoms with Gasteiger partial charge in [0.2, 0.25) is 5.91 Å². The van der Waals surface area contributed by atoms with Gasteiger partial charge in [0, 0.05) is 17.4 Å². The van der Waals surface area contributed by atoms with Crippen molar-refractivity contribution in [3.8, 4) is 0 Å². The first-order valence-electron chi connectivity index (χ1n) is 4.85. The Labute approximate surface area is 97.2 Å². The lowest BCUT2D eigenvalue weighted by molar-refractivity contribution is -0.140. The number of aliphatic carboxylic acids is 1. The molecular weight excluding hydrogens is 230 g/mol. The van der Waals surface area contributed by atoms with Crippen LogP contribution < -0.4 is 5.32 Å². The standard InChI is InChI=1S/C11H10ClNO3/c12-7-3-1-2-6(4-7)8-5-9(14)13-10(8)11(15)16/h1-4,8,10H,5H2,(H,13,14)(H,15,16)/t8-,10+/m0/s1. The van der Waals surface area contributed by atoms with E-state index in [2.05, 4.69) is 5.32 Å². The van der Waals surface area contributed by atoms with Crippen molar-refractivity contribution in [1.29, 1.82) is 0 Å². The lowest BCUT2D eigenvalue weighted by Crippen LogP contribution is -2.36. The van der Waals surface area contributed by atoms with Crippen LogP contribution in [0.15, 0.2) is 24.3 Å². The maximum absolute atomic E-state index is 11.2. The summed E-state index contributed by atoms with van der Waals surface area (Å²) in [5.41, 5.74) is 0.776. The average molecular weight is 240 g/mol. The number of nitrogens with one attached hydrogen (secondary N) is 1. The molecule has 0 radical (unpaired) electrons. The van der Waals surface area contributed by atoms with Gasteiger partial charge in [-0.3, -0.25) is 4.79 Å². The van der Waals surface area contributed by atoms with Crippen molar-refractivity contribution in [3.63, 3.8) is 0 Å². The van der Waals surface area contributed by atoms with Gasteiger partial charge in [0.25, 0.3) is 0 Å². The highest BCUT2D eigenvalue weighted by atomic mass is 35.5. The van der Waals surface area contributed by atoms with Crippen LogP contribution in [-0.4, -0.2) is 23.0 Å². The summed E-state index contributed by atoms with van der Waals surface area (Å²) in [5, 5.41) is 12.0. The van der Waals surface area contributed by atoms with Gasteiger partial charge in [0.15, 0.2) is 0 Å². The fourth-order valence-corrected chi connectivity index (χ4v) is 2.13. The average Bonchev–Trinajstić information content (AvgIpc) is 2.60. The number of carboxylic acids is 1. The van der Waals surface area contributed by atoms with Crippen LogP contribution in [0.5, 0.6) is 0 Å². The highest BCUT2D eigenvalue weighted by molar-refractivity contribution is 6.30. The molecule has 1 amide bonds. The number of carbonyl (C=O) groups excluding carboxylic acids is 1. The van der Waals surface area contributed by atoms with E-state index >= 15 is 0 Å². The zero-order valence-corrected chi connectivity index (χ0v) is 9.07. The Morgan fingerprint density at radius 3 is 2.88 bits per heavy atom. The van der Waals surface area contributed by atoms with Gasteiger partial charge in [0.1, 0.15) is 6.04 Å². The molecule has 0 unspecified atom stereocenters. The van der Waals surface area contributed by atoms with Crippen LogP contribution in [0, 0.1) is 0 Å². The number of benzene rings is 1. The highest BCUT2D eigenvalue weighted by Crippen LogP contribution is 2.29. The Hall–Kier alpha value is -1.55. The summed E-state index contributed by atoms with van der Waals surface area (Å²) in [6, 6.07) is 6.09. The number of hydrogen-bond donors (Lipinski definition) is 2. The van der Waals surface area contributed by atoms with Gasteiger partial charge in [-0.1, -0.05) is 23.7 Å². The SMILES string of the molecule is O=C1C[C@@H](c2cccc(Cl)c2)[C@H](C(=O)O)N1. The molecule has 16 heavy (non-hydrogen) atoms. The van der Waals surface area contributed by atoms with Gasteiger partial charge in [-0.25, -0.2) is 4.79 Å². The Kier molecular flexibility index (Phi) is 2.83. The number of hydrogen-bond acceptors (Lipinski definition) is 2. The first-order chi connectivity index (χ1) is 7.58. The third kappa shape index (κ3) is 2.02. The molecule has 0 saturated carbocycles. The van der Waals surface area contributed by atoms with Crippen molar-refractivity contribution < 1.29 is 14.7 Å². The molecule has 1 aliphatic heterocycles. The maximum Gasteiger partial charge on any atom is 0.326 e. The molecule has 1 aliphatic rings. The Bertz CT molecular complexity index is 447. The number of halogens is 1. The third-order valence-corrected chi connectivity index (χ3v) is 2.90. The molecule has 4 nitrogen and oxygen atoms in total. The minimum Gasteiger partial charge on any atom is -0.480 e. The van der Waals surface area contributed by atoms with Gasteiger partial charge in [-0.2, -0.15) is 0 Å². The Morgan fingerprint density at radius 2 is 2.25 bits per heavy atom. The molecule has 0 bridgehead atoms. The Morgan fingerprint density at radius 1 is 1.50 bits per heavy atom. The van der Waals surface area contributed by atoms with E-state index in [0.29, 0.717) is 5.02 Å². The van der Waals surface area contributed by atoms with Gasteiger partial charge < -0.3 is 10.4 Å². The molecule has 2 N–H and O–H groups in total. The summed E-state index contributed by atoms with van der Waals surface area (Å²) in [6.07, 6.45) is 0.192. The summed E-state index contributed by atoms with van der Waals surface area (Å²) in [6.45, 7) is 0. The number of carboxylic acid groups (broad SMARTS) is 1. The quantitative estimate of drug-likeness (QED) is 0.820. The number of rotatable bonds is 2. The van der Waals surface area contributed by atoms with E-state index in [9.17, 15) is 9.59 Å². The van der Waals surface area contributed by atoms with Crippen LogP contribution in [0.25, 0.3) is 0 Å². The molecule has 0 spiro atoms. The van der Waals surface area contributed by atoms with Crippen molar-refractivity contribution >= 4 is 23.5 Å². The van der Waals surface area contributed by atoms with Gasteiger partial charge >= 0.3 is 5.97 Å². The largest absolute Gasteiger partial charge is 0.480 e. The second-order valence-electron chi connectivity index (χ2n) is 3.75. The van der Waals surface area contributed by atoms with Crippen LogP contribution in [0.2, 0.25) is 5.02 Å². The van der Waals surface area contributed by atoms with Crippen molar-refractivity contribution in [2.75, 3.05) is 0 Å². The second kappa shape index (κ2) is 4.14. The normalized spacial score (nSPS) is 24.2. The van der Waals surface area contributed by atoms with Crippen LogP contribution in [-0.2, 0) is 9.59 Å². The van der Waals surface area contributed by atoms with E-state index in [4.69, 9.17) is 16.7 Å². The van der Waals surface area contributed by atoms with Crippen LogP contribution >= 0.6 is 11.6 Å². The van der Waals surface area contributed by atoms with Gasteiger partial charge in [0.05, 0.1) is 0 Å². The fourth-order valence-electron chi connectivity index (χ4n) is 1.93. The monoisotopic (exact) mass is 239 g/mol. The molecule has 5 heteroatoms. The van der Waals surface area contributed by atoms with E-state index in [1.165, 1.54) is 0 Å². The molecular formula is C11H10ClNO3. The summed E-state index contributed by atoms with van der Waals surface area (Å²) >= 11 is 5.83. The molecule has 84 valence electrons. The molecule has 0 aliphatic carbocycles. The minimum atomic E-state index is -1.02. The van der Waals surface area contributed by atoms with Gasteiger partial charge in [-0.15, -0.1) is 0 Å². The molecule has 1 heterocycles. The lowest BCUT2D eigenvalue weighted by Gasteiger charge is -2.14. The summed E-state index contributed by atoms with van der Waals surface area (Å²) in [5.74, 6) is -1.60. The number of carbonyl (C=O) groups is 2. The first kappa shape index (κ1) is 11.0. The molecule has 2 rings (SSSR count). The van der Waals surface area contributed by atoms with E-state index in [0.717, 1.165) is 5.56 Å². The smallest absolute Gasteiger partial charge is 0.326 e. The fraction of sp³-hybridized carbons (Fsp3) is 0.273. The summed E-state index contributed by atoms with van der Waals surface area (Å²) in [7, 11) is 0. The second-order valence-corrected chi connectivity index (χ2v) is 4.19. The molecule has 0 aromatic heterocycles. The van der Waals surface area contributed by atoms with E-state index in [1.807, 2.05) is 0 Å². The topological polar surface area (TPSA) is 66.4 Å². The van der Waals surface area contributed by atoms with E-state index < -0.39 is 12.0 Å². The maximum atomic E-state index is 11.2.